The number of aromatic nitrogens is 2. The van der Waals surface area contributed by atoms with E-state index in [-0.39, 0.29) is 17.7 Å². The number of nitrogens with zero attached hydrogens (tertiary/aromatic N) is 2. The van der Waals surface area contributed by atoms with Crippen molar-refractivity contribution < 1.29 is 4.74 Å². The van der Waals surface area contributed by atoms with E-state index >= 15 is 0 Å². The van der Waals surface area contributed by atoms with Gasteiger partial charge in [-0.05, 0) is 45.4 Å². The first-order valence-corrected chi connectivity index (χ1v) is 8.07. The molecule has 5 nitrogen and oxygen atoms in total. The monoisotopic (exact) mass is 314 g/mol. The van der Waals surface area contributed by atoms with Crippen molar-refractivity contribution in [2.75, 3.05) is 7.11 Å². The van der Waals surface area contributed by atoms with E-state index in [1.165, 1.54) is 0 Å². The molecule has 0 aromatic carbocycles. The minimum atomic E-state index is -0.322. The zero-order chi connectivity index (χ0) is 15.6. The zero-order valence-corrected chi connectivity index (χ0v) is 14.2. The minimum absolute atomic E-state index is 0.160. The maximum absolute atomic E-state index is 6.39. The molecular formula is C15H27ClN4O. The molecule has 0 bridgehead atoms. The minimum Gasteiger partial charge on any atom is -0.376 e. The molecule has 6 heteroatoms. The van der Waals surface area contributed by atoms with E-state index in [1.54, 1.807) is 13.3 Å². The van der Waals surface area contributed by atoms with Crippen LogP contribution in [0.3, 0.4) is 0 Å². The van der Waals surface area contributed by atoms with E-state index in [1.807, 2.05) is 4.68 Å². The summed E-state index contributed by atoms with van der Waals surface area (Å²) in [4.78, 5) is 0. The highest BCUT2D eigenvalue weighted by Crippen LogP contribution is 2.44. The van der Waals surface area contributed by atoms with Gasteiger partial charge in [0.15, 0.2) is 0 Å². The Morgan fingerprint density at radius 2 is 2.10 bits per heavy atom. The molecule has 1 unspecified atom stereocenters. The summed E-state index contributed by atoms with van der Waals surface area (Å²) in [5.74, 6) is 6.63. The number of rotatable bonds is 5. The molecule has 1 aromatic rings. The van der Waals surface area contributed by atoms with Gasteiger partial charge in [-0.15, -0.1) is 0 Å². The van der Waals surface area contributed by atoms with Crippen LogP contribution in [0.25, 0.3) is 0 Å². The molecule has 120 valence electrons. The number of hydrogen-bond acceptors (Lipinski definition) is 4. The Kier molecular flexibility index (Phi) is 5.30. The average Bonchev–Trinajstić information content (AvgIpc) is 2.84. The van der Waals surface area contributed by atoms with Crippen LogP contribution >= 0.6 is 11.6 Å². The number of halogens is 1. The van der Waals surface area contributed by atoms with E-state index in [4.69, 9.17) is 22.2 Å². The van der Waals surface area contributed by atoms with Gasteiger partial charge in [0.2, 0.25) is 0 Å². The normalized spacial score (nSPS) is 28.0. The van der Waals surface area contributed by atoms with Gasteiger partial charge in [0.1, 0.15) is 0 Å². The van der Waals surface area contributed by atoms with Gasteiger partial charge in [-0.3, -0.25) is 10.5 Å². The smallest absolute Gasteiger partial charge is 0.0933 e. The number of ether oxygens (including phenoxy) is 1. The van der Waals surface area contributed by atoms with Gasteiger partial charge in [0.05, 0.1) is 28.6 Å². The third-order valence-electron chi connectivity index (χ3n) is 4.77. The molecule has 1 fully saturated rings. The number of hydrazine groups is 1. The van der Waals surface area contributed by atoms with Crippen molar-refractivity contribution in [3.05, 3.63) is 16.9 Å². The number of nitrogens with one attached hydrogen (secondary N) is 1. The Morgan fingerprint density at radius 1 is 1.48 bits per heavy atom. The molecule has 0 saturated heterocycles. The third-order valence-corrected chi connectivity index (χ3v) is 5.06. The summed E-state index contributed by atoms with van der Waals surface area (Å²) in [5.41, 5.74) is 3.55. The van der Waals surface area contributed by atoms with Gasteiger partial charge in [-0.25, -0.2) is 5.43 Å². The first-order chi connectivity index (χ1) is 9.95. The van der Waals surface area contributed by atoms with E-state index in [0.29, 0.717) is 5.02 Å². The van der Waals surface area contributed by atoms with Crippen LogP contribution in [-0.4, -0.2) is 22.5 Å². The summed E-state index contributed by atoms with van der Waals surface area (Å²) in [6.45, 7) is 6.46. The summed E-state index contributed by atoms with van der Waals surface area (Å²) in [7, 11) is 1.77. The van der Waals surface area contributed by atoms with Crippen molar-refractivity contribution in [2.24, 2.45) is 11.8 Å². The van der Waals surface area contributed by atoms with Gasteiger partial charge >= 0.3 is 0 Å². The summed E-state index contributed by atoms with van der Waals surface area (Å²) in [6.07, 6.45) is 5.91. The summed E-state index contributed by atoms with van der Waals surface area (Å²) in [5, 5.41) is 5.03. The van der Waals surface area contributed by atoms with Crippen molar-refractivity contribution in [1.82, 2.24) is 15.2 Å². The van der Waals surface area contributed by atoms with Gasteiger partial charge in [0.25, 0.3) is 0 Å². The van der Waals surface area contributed by atoms with Crippen LogP contribution in [0.4, 0.5) is 0 Å². The van der Waals surface area contributed by atoms with E-state index in [2.05, 4.69) is 31.3 Å². The Morgan fingerprint density at radius 3 is 2.57 bits per heavy atom. The second kappa shape index (κ2) is 6.65. The molecule has 1 heterocycles. The number of methoxy groups -OCH3 is 1. The largest absolute Gasteiger partial charge is 0.376 e. The highest BCUT2D eigenvalue weighted by molar-refractivity contribution is 6.31. The third kappa shape index (κ3) is 3.11. The average molecular weight is 315 g/mol. The Labute approximate surface area is 132 Å². The lowest BCUT2D eigenvalue weighted by atomic mass is 9.74. The lowest BCUT2D eigenvalue weighted by molar-refractivity contribution is -0.0781. The van der Waals surface area contributed by atoms with Gasteiger partial charge in [-0.2, -0.15) is 5.10 Å². The van der Waals surface area contributed by atoms with Crippen LogP contribution in [0.15, 0.2) is 6.20 Å². The highest BCUT2D eigenvalue weighted by Gasteiger charge is 2.44. The van der Waals surface area contributed by atoms with Gasteiger partial charge in [0, 0.05) is 13.2 Å². The molecule has 1 atom stereocenters. The van der Waals surface area contributed by atoms with Crippen molar-refractivity contribution >= 4 is 11.6 Å². The summed E-state index contributed by atoms with van der Waals surface area (Å²) < 4.78 is 7.89. The topological polar surface area (TPSA) is 65.1 Å². The van der Waals surface area contributed by atoms with Crippen molar-refractivity contribution in [3.8, 4) is 0 Å². The molecule has 1 aliphatic carbocycles. The SMILES string of the molecule is COC1(C(NN)c2c(Cl)cnn2C(C)C)CCC(C)CC1. The second-order valence-corrected chi connectivity index (χ2v) is 6.87. The Balaban J connectivity index is 2.40. The lowest BCUT2D eigenvalue weighted by Gasteiger charge is -2.44. The van der Waals surface area contributed by atoms with Crippen LogP contribution < -0.4 is 11.3 Å². The summed E-state index contributed by atoms with van der Waals surface area (Å²) >= 11 is 6.39. The van der Waals surface area contributed by atoms with E-state index in [0.717, 1.165) is 37.3 Å². The fourth-order valence-corrected chi connectivity index (χ4v) is 3.61. The standard InChI is InChI=1S/C15H27ClN4O/c1-10(2)20-13(12(16)9-18-20)14(19-17)15(21-4)7-5-11(3)6-8-15/h9-11,14,19H,5-8,17H2,1-4H3. The fraction of sp³-hybridized carbons (Fsp3) is 0.800. The predicted octanol–water partition coefficient (Wildman–Crippen LogP) is 3.22. The van der Waals surface area contributed by atoms with Gasteiger partial charge < -0.3 is 4.74 Å². The van der Waals surface area contributed by atoms with E-state index in [9.17, 15) is 0 Å². The van der Waals surface area contributed by atoms with E-state index < -0.39 is 0 Å². The number of hydrogen-bond donors (Lipinski definition) is 2. The van der Waals surface area contributed by atoms with Crippen molar-refractivity contribution in [2.45, 2.75) is 64.1 Å². The van der Waals surface area contributed by atoms with Crippen LogP contribution in [0.5, 0.6) is 0 Å². The van der Waals surface area contributed by atoms with Gasteiger partial charge in [-0.1, -0.05) is 18.5 Å². The quantitative estimate of drug-likeness (QED) is 0.647. The van der Waals surface area contributed by atoms with Crippen LogP contribution in [-0.2, 0) is 4.74 Å². The molecule has 0 radical (unpaired) electrons. The molecule has 0 aliphatic heterocycles. The fourth-order valence-electron chi connectivity index (χ4n) is 3.37. The lowest BCUT2D eigenvalue weighted by Crippen LogP contribution is -2.50. The van der Waals surface area contributed by atoms with Crippen LogP contribution in [0.1, 0.15) is 64.2 Å². The van der Waals surface area contributed by atoms with Crippen molar-refractivity contribution in [3.63, 3.8) is 0 Å². The zero-order valence-electron chi connectivity index (χ0n) is 13.4. The molecule has 3 N–H and O–H groups in total. The Hall–Kier alpha value is -0.620. The molecular weight excluding hydrogens is 288 g/mol. The molecule has 1 aliphatic rings. The molecule has 21 heavy (non-hydrogen) atoms. The molecule has 2 rings (SSSR count). The second-order valence-electron chi connectivity index (χ2n) is 6.47. The molecule has 0 amide bonds. The first-order valence-electron chi connectivity index (χ1n) is 7.69. The predicted molar refractivity (Wildman–Crippen MR) is 85.1 cm³/mol. The van der Waals surface area contributed by atoms with Crippen LogP contribution in [0.2, 0.25) is 5.02 Å². The van der Waals surface area contributed by atoms with Crippen LogP contribution in [0, 0.1) is 5.92 Å². The maximum Gasteiger partial charge on any atom is 0.0933 e. The number of nitrogens with two attached hydrogens (primary N) is 1. The van der Waals surface area contributed by atoms with Crippen molar-refractivity contribution in [1.29, 1.82) is 0 Å². The summed E-state index contributed by atoms with van der Waals surface area (Å²) in [6, 6.07) is 0.0622. The molecule has 1 saturated carbocycles. The molecule has 0 spiro atoms. The Bertz CT molecular complexity index is 466. The first kappa shape index (κ1) is 16.7. The highest BCUT2D eigenvalue weighted by atomic mass is 35.5. The maximum atomic E-state index is 6.39. The molecule has 1 aromatic heterocycles.